The van der Waals surface area contributed by atoms with E-state index in [0.29, 0.717) is 41.7 Å². The first-order valence-electron chi connectivity index (χ1n) is 13.7. The number of para-hydroxylation sites is 1. The van der Waals surface area contributed by atoms with E-state index in [2.05, 4.69) is 5.32 Å². The lowest BCUT2D eigenvalue weighted by molar-refractivity contribution is -0.142. The summed E-state index contributed by atoms with van der Waals surface area (Å²) in [5, 5.41) is 3.47. The smallest absolute Gasteiger partial charge is 0.261 e. The molecule has 0 aromatic heterocycles. The van der Waals surface area contributed by atoms with E-state index in [0.717, 1.165) is 16.7 Å². The second kappa shape index (κ2) is 15.5. The molecule has 0 aliphatic carbocycles. The maximum atomic E-state index is 13.8. The second-order valence-electron chi connectivity index (χ2n) is 9.66. The van der Waals surface area contributed by atoms with Gasteiger partial charge in [0.15, 0.2) is 18.1 Å². The third-order valence-corrected chi connectivity index (χ3v) is 7.13. The van der Waals surface area contributed by atoms with Crippen molar-refractivity contribution in [2.24, 2.45) is 0 Å². The van der Waals surface area contributed by atoms with Crippen molar-refractivity contribution in [3.05, 3.63) is 125 Å². The lowest BCUT2D eigenvalue weighted by atomic mass is 10.0. The van der Waals surface area contributed by atoms with Gasteiger partial charge in [-0.3, -0.25) is 9.59 Å². The standard InChI is InChI=1S/C34H35ClN2O5/c1-40-31-18-17-26(22-32(31)41-2)19-20-36-34(39)29(21-25-11-5-3-6-12-25)37(23-27-13-7-4-8-14-27)33(38)24-42-30-16-10-9-15-28(30)35/h3-18,22,29H,19-21,23-24H2,1-2H3,(H,36,39)/t29-/m0/s1. The molecule has 4 aromatic rings. The molecule has 0 saturated carbocycles. The van der Waals surface area contributed by atoms with Crippen LogP contribution in [0.2, 0.25) is 5.02 Å². The number of halogens is 1. The van der Waals surface area contributed by atoms with Crippen molar-refractivity contribution in [2.75, 3.05) is 27.4 Å². The lowest BCUT2D eigenvalue weighted by Crippen LogP contribution is -2.52. The molecule has 0 aliphatic rings. The summed E-state index contributed by atoms with van der Waals surface area (Å²) in [6, 6.07) is 31.2. The molecule has 0 heterocycles. The Morgan fingerprint density at radius 2 is 1.40 bits per heavy atom. The van der Waals surface area contributed by atoms with Gasteiger partial charge in [-0.15, -0.1) is 0 Å². The Morgan fingerprint density at radius 3 is 2.07 bits per heavy atom. The molecule has 8 heteroatoms. The van der Waals surface area contributed by atoms with Crippen molar-refractivity contribution in [3.8, 4) is 17.2 Å². The molecule has 0 unspecified atom stereocenters. The molecule has 0 saturated heterocycles. The molecule has 0 fully saturated rings. The number of methoxy groups -OCH3 is 2. The Bertz CT molecular complexity index is 1450. The Kier molecular flexibility index (Phi) is 11.2. The van der Waals surface area contributed by atoms with E-state index in [4.69, 9.17) is 25.8 Å². The number of hydrogen-bond donors (Lipinski definition) is 1. The average Bonchev–Trinajstić information content (AvgIpc) is 3.03. The fourth-order valence-corrected chi connectivity index (χ4v) is 4.79. The van der Waals surface area contributed by atoms with E-state index in [1.807, 2.05) is 78.9 Å². The third kappa shape index (κ3) is 8.51. The number of amides is 2. The molecule has 42 heavy (non-hydrogen) atoms. The molecule has 1 atom stereocenters. The minimum atomic E-state index is -0.777. The molecule has 7 nitrogen and oxygen atoms in total. The number of nitrogens with zero attached hydrogens (tertiary/aromatic N) is 1. The van der Waals surface area contributed by atoms with Gasteiger partial charge in [0.05, 0.1) is 19.2 Å². The van der Waals surface area contributed by atoms with Crippen LogP contribution in [0.15, 0.2) is 103 Å². The Morgan fingerprint density at radius 1 is 0.762 bits per heavy atom. The van der Waals surface area contributed by atoms with Crippen LogP contribution in [0.4, 0.5) is 0 Å². The van der Waals surface area contributed by atoms with Crippen LogP contribution in [-0.4, -0.2) is 50.1 Å². The normalized spacial score (nSPS) is 11.3. The van der Waals surface area contributed by atoms with E-state index in [9.17, 15) is 9.59 Å². The Labute approximate surface area is 252 Å². The fraction of sp³-hybridized carbons (Fsp3) is 0.235. The van der Waals surface area contributed by atoms with Gasteiger partial charge in [0.2, 0.25) is 5.91 Å². The van der Waals surface area contributed by atoms with Gasteiger partial charge in [0, 0.05) is 19.5 Å². The SMILES string of the molecule is COc1ccc(CCNC(=O)[C@H](Cc2ccccc2)N(Cc2ccccc2)C(=O)COc2ccccc2Cl)cc1OC. The number of nitrogens with one attached hydrogen (secondary N) is 1. The highest BCUT2D eigenvalue weighted by Gasteiger charge is 2.30. The zero-order valence-corrected chi connectivity index (χ0v) is 24.6. The van der Waals surface area contributed by atoms with Crippen molar-refractivity contribution < 1.29 is 23.8 Å². The number of rotatable bonds is 14. The van der Waals surface area contributed by atoms with Crippen LogP contribution in [-0.2, 0) is 29.0 Å². The molecule has 4 aromatic carbocycles. The van der Waals surface area contributed by atoms with E-state index >= 15 is 0 Å². The first-order chi connectivity index (χ1) is 20.5. The van der Waals surface area contributed by atoms with Crippen LogP contribution in [0, 0.1) is 0 Å². The van der Waals surface area contributed by atoms with Crippen molar-refractivity contribution in [2.45, 2.75) is 25.4 Å². The number of hydrogen-bond acceptors (Lipinski definition) is 5. The average molecular weight is 587 g/mol. The fourth-order valence-electron chi connectivity index (χ4n) is 4.60. The van der Waals surface area contributed by atoms with Gasteiger partial charge in [-0.1, -0.05) is 90.5 Å². The molecule has 0 radical (unpaired) electrons. The predicted molar refractivity (Wildman–Crippen MR) is 164 cm³/mol. The molecule has 0 aliphatic heterocycles. The van der Waals surface area contributed by atoms with Crippen molar-refractivity contribution >= 4 is 23.4 Å². The summed E-state index contributed by atoms with van der Waals surface area (Å²) in [4.78, 5) is 29.1. The highest BCUT2D eigenvalue weighted by atomic mass is 35.5. The number of carbonyl (C=O) groups excluding carboxylic acids is 2. The van der Waals surface area contributed by atoms with Crippen LogP contribution in [0.5, 0.6) is 17.2 Å². The van der Waals surface area contributed by atoms with E-state index < -0.39 is 6.04 Å². The summed E-state index contributed by atoms with van der Waals surface area (Å²) in [7, 11) is 3.18. The van der Waals surface area contributed by atoms with E-state index in [1.165, 1.54) is 0 Å². The van der Waals surface area contributed by atoms with Gasteiger partial charge in [-0.25, -0.2) is 0 Å². The van der Waals surface area contributed by atoms with Crippen molar-refractivity contribution in [1.29, 1.82) is 0 Å². The second-order valence-corrected chi connectivity index (χ2v) is 10.1. The Balaban J connectivity index is 1.55. The largest absolute Gasteiger partial charge is 0.493 e. The molecule has 4 rings (SSSR count). The number of carbonyl (C=O) groups is 2. The van der Waals surface area contributed by atoms with Gasteiger partial charge in [-0.05, 0) is 47.4 Å². The quantitative estimate of drug-likeness (QED) is 0.204. The van der Waals surface area contributed by atoms with Crippen LogP contribution >= 0.6 is 11.6 Å². The molecular formula is C34H35ClN2O5. The Hall–Kier alpha value is -4.49. The van der Waals surface area contributed by atoms with Crippen LogP contribution in [0.25, 0.3) is 0 Å². The maximum absolute atomic E-state index is 13.8. The lowest BCUT2D eigenvalue weighted by Gasteiger charge is -2.31. The first-order valence-corrected chi connectivity index (χ1v) is 14.1. The predicted octanol–water partition coefficient (Wildman–Crippen LogP) is 5.74. The summed E-state index contributed by atoms with van der Waals surface area (Å²) < 4.78 is 16.5. The van der Waals surface area contributed by atoms with Crippen LogP contribution in [0.1, 0.15) is 16.7 Å². The molecule has 1 N–H and O–H groups in total. The van der Waals surface area contributed by atoms with Gasteiger partial charge in [0.25, 0.3) is 5.91 Å². The van der Waals surface area contributed by atoms with Gasteiger partial charge in [-0.2, -0.15) is 0 Å². The van der Waals surface area contributed by atoms with Gasteiger partial charge < -0.3 is 24.4 Å². The van der Waals surface area contributed by atoms with Crippen molar-refractivity contribution in [1.82, 2.24) is 10.2 Å². The van der Waals surface area contributed by atoms with E-state index in [1.54, 1.807) is 43.4 Å². The minimum Gasteiger partial charge on any atom is -0.493 e. The molecule has 218 valence electrons. The summed E-state index contributed by atoms with van der Waals surface area (Å²) >= 11 is 6.25. The molecule has 0 spiro atoms. The molecular weight excluding hydrogens is 552 g/mol. The summed E-state index contributed by atoms with van der Waals surface area (Å²) in [6.07, 6.45) is 0.917. The highest BCUT2D eigenvalue weighted by Crippen LogP contribution is 2.28. The third-order valence-electron chi connectivity index (χ3n) is 6.82. The zero-order chi connectivity index (χ0) is 29.7. The molecule has 0 bridgehead atoms. The summed E-state index contributed by atoms with van der Waals surface area (Å²) in [5.74, 6) is 1.10. The van der Waals surface area contributed by atoms with Crippen molar-refractivity contribution in [3.63, 3.8) is 0 Å². The summed E-state index contributed by atoms with van der Waals surface area (Å²) in [6.45, 7) is 0.357. The minimum absolute atomic E-state index is 0.242. The van der Waals surface area contributed by atoms with Gasteiger partial charge >= 0.3 is 0 Å². The highest BCUT2D eigenvalue weighted by molar-refractivity contribution is 6.32. The van der Waals surface area contributed by atoms with Crippen LogP contribution in [0.3, 0.4) is 0 Å². The topological polar surface area (TPSA) is 77.1 Å². The molecule has 2 amide bonds. The first kappa shape index (κ1) is 30.5. The number of ether oxygens (including phenoxy) is 3. The van der Waals surface area contributed by atoms with Crippen LogP contribution < -0.4 is 19.5 Å². The summed E-state index contributed by atoms with van der Waals surface area (Å²) in [5.41, 5.74) is 2.83. The monoisotopic (exact) mass is 586 g/mol. The van der Waals surface area contributed by atoms with Gasteiger partial charge in [0.1, 0.15) is 11.8 Å². The maximum Gasteiger partial charge on any atom is 0.261 e. The van der Waals surface area contributed by atoms with E-state index in [-0.39, 0.29) is 25.0 Å². The zero-order valence-electron chi connectivity index (χ0n) is 23.8. The number of benzene rings is 4.